The fourth-order valence-electron chi connectivity index (χ4n) is 1.36. The molecule has 0 spiro atoms. The molecule has 0 aliphatic heterocycles. The minimum absolute atomic E-state index is 0.358. The first-order chi connectivity index (χ1) is 6.72. The van der Waals surface area contributed by atoms with E-state index in [0.29, 0.717) is 6.04 Å². The number of ether oxygens (including phenoxy) is 1. The monoisotopic (exact) mass is 193 g/mol. The van der Waals surface area contributed by atoms with Gasteiger partial charge in [0.1, 0.15) is 0 Å². The molecule has 0 fully saturated rings. The van der Waals surface area contributed by atoms with Gasteiger partial charge in [-0.1, -0.05) is 12.1 Å². The Kier molecular flexibility index (Phi) is 4.47. The van der Waals surface area contributed by atoms with Crippen molar-refractivity contribution in [1.82, 2.24) is 0 Å². The molecule has 0 amide bonds. The molecule has 0 aliphatic rings. The first-order valence-corrected chi connectivity index (χ1v) is 5.13. The van der Waals surface area contributed by atoms with Gasteiger partial charge in [0, 0.05) is 18.3 Å². The van der Waals surface area contributed by atoms with Crippen LogP contribution in [0.2, 0.25) is 0 Å². The smallest absolute Gasteiger partial charge is 0.0664 e. The predicted octanol–water partition coefficient (Wildman–Crippen LogP) is 2.83. The van der Waals surface area contributed by atoms with Crippen molar-refractivity contribution >= 4 is 5.69 Å². The van der Waals surface area contributed by atoms with E-state index in [9.17, 15) is 0 Å². The van der Waals surface area contributed by atoms with Gasteiger partial charge in [0.15, 0.2) is 0 Å². The Morgan fingerprint density at radius 1 is 1.43 bits per heavy atom. The second kappa shape index (κ2) is 5.66. The summed E-state index contributed by atoms with van der Waals surface area (Å²) >= 11 is 0. The fourth-order valence-corrected chi connectivity index (χ4v) is 1.36. The summed E-state index contributed by atoms with van der Waals surface area (Å²) in [5, 5.41) is 3.39. The maximum absolute atomic E-state index is 5.34. The Morgan fingerprint density at radius 3 is 2.86 bits per heavy atom. The van der Waals surface area contributed by atoms with Crippen molar-refractivity contribution in [1.29, 1.82) is 0 Å². The van der Waals surface area contributed by atoms with Crippen LogP contribution in [0, 0.1) is 6.92 Å². The Morgan fingerprint density at radius 2 is 2.21 bits per heavy atom. The third-order valence-electron chi connectivity index (χ3n) is 2.00. The second-order valence-electron chi connectivity index (χ2n) is 3.57. The van der Waals surface area contributed by atoms with E-state index >= 15 is 0 Å². The zero-order valence-corrected chi connectivity index (χ0v) is 9.21. The number of nitrogens with one attached hydrogen (secondary N) is 1. The van der Waals surface area contributed by atoms with Crippen molar-refractivity contribution in [2.24, 2.45) is 0 Å². The highest BCUT2D eigenvalue weighted by atomic mass is 16.5. The number of anilines is 1. The van der Waals surface area contributed by atoms with Gasteiger partial charge in [-0.25, -0.2) is 0 Å². The molecule has 0 saturated carbocycles. The zero-order chi connectivity index (χ0) is 10.4. The van der Waals surface area contributed by atoms with Crippen molar-refractivity contribution in [2.75, 3.05) is 18.5 Å². The fraction of sp³-hybridized carbons (Fsp3) is 0.500. The molecular weight excluding hydrogens is 174 g/mol. The molecule has 0 bridgehead atoms. The van der Waals surface area contributed by atoms with Gasteiger partial charge in [-0.2, -0.15) is 0 Å². The minimum Gasteiger partial charge on any atom is -0.380 e. The lowest BCUT2D eigenvalue weighted by molar-refractivity contribution is 0.141. The lowest BCUT2D eigenvalue weighted by atomic mass is 10.2. The van der Waals surface area contributed by atoms with Gasteiger partial charge < -0.3 is 10.1 Å². The van der Waals surface area contributed by atoms with Gasteiger partial charge in [0.25, 0.3) is 0 Å². The third kappa shape index (κ3) is 3.79. The lowest BCUT2D eigenvalue weighted by Crippen LogP contribution is -2.21. The van der Waals surface area contributed by atoms with Crippen LogP contribution in [0.3, 0.4) is 0 Å². The van der Waals surface area contributed by atoms with Crippen molar-refractivity contribution in [3.05, 3.63) is 29.8 Å². The summed E-state index contributed by atoms with van der Waals surface area (Å²) in [7, 11) is 0. The maximum Gasteiger partial charge on any atom is 0.0664 e. The van der Waals surface area contributed by atoms with E-state index in [0.717, 1.165) is 18.9 Å². The van der Waals surface area contributed by atoms with Gasteiger partial charge in [0.05, 0.1) is 6.61 Å². The Hall–Kier alpha value is -1.02. The normalized spacial score (nSPS) is 12.5. The molecule has 0 aromatic heterocycles. The molecular formula is C12H19NO. The van der Waals surface area contributed by atoms with Gasteiger partial charge in [0.2, 0.25) is 0 Å². The molecule has 1 atom stereocenters. The zero-order valence-electron chi connectivity index (χ0n) is 9.21. The molecule has 0 saturated heterocycles. The topological polar surface area (TPSA) is 21.3 Å². The van der Waals surface area contributed by atoms with Crippen LogP contribution in [0.25, 0.3) is 0 Å². The molecule has 0 aliphatic carbocycles. The van der Waals surface area contributed by atoms with E-state index in [1.54, 1.807) is 0 Å². The summed E-state index contributed by atoms with van der Waals surface area (Å²) in [6, 6.07) is 8.73. The molecule has 1 aromatic rings. The molecule has 2 nitrogen and oxygen atoms in total. The maximum atomic E-state index is 5.34. The van der Waals surface area contributed by atoms with E-state index in [2.05, 4.69) is 43.4 Å². The van der Waals surface area contributed by atoms with E-state index in [4.69, 9.17) is 4.74 Å². The minimum atomic E-state index is 0.358. The van der Waals surface area contributed by atoms with Crippen molar-refractivity contribution in [2.45, 2.75) is 26.8 Å². The first kappa shape index (κ1) is 11.1. The van der Waals surface area contributed by atoms with Crippen LogP contribution >= 0.6 is 0 Å². The lowest BCUT2D eigenvalue weighted by Gasteiger charge is -2.15. The van der Waals surface area contributed by atoms with E-state index in [1.165, 1.54) is 5.56 Å². The highest BCUT2D eigenvalue weighted by Crippen LogP contribution is 2.10. The number of rotatable bonds is 5. The Balaban J connectivity index is 2.43. The van der Waals surface area contributed by atoms with Gasteiger partial charge in [-0.05, 0) is 38.5 Å². The summed E-state index contributed by atoms with van der Waals surface area (Å²) in [6.07, 6.45) is 0. The largest absolute Gasteiger partial charge is 0.380 e. The quantitative estimate of drug-likeness (QED) is 0.776. The average Bonchev–Trinajstić information content (AvgIpc) is 2.15. The van der Waals surface area contributed by atoms with Gasteiger partial charge >= 0.3 is 0 Å². The predicted molar refractivity (Wildman–Crippen MR) is 60.8 cm³/mol. The van der Waals surface area contributed by atoms with E-state index in [-0.39, 0.29) is 0 Å². The van der Waals surface area contributed by atoms with Crippen LogP contribution in [0.4, 0.5) is 5.69 Å². The molecule has 0 radical (unpaired) electrons. The van der Waals surface area contributed by atoms with Gasteiger partial charge in [-0.15, -0.1) is 0 Å². The molecule has 14 heavy (non-hydrogen) atoms. The highest BCUT2D eigenvalue weighted by molar-refractivity contribution is 5.46. The number of hydrogen-bond donors (Lipinski definition) is 1. The molecule has 2 heteroatoms. The van der Waals surface area contributed by atoms with Crippen molar-refractivity contribution in [3.8, 4) is 0 Å². The first-order valence-electron chi connectivity index (χ1n) is 5.13. The molecule has 1 N–H and O–H groups in total. The summed E-state index contributed by atoms with van der Waals surface area (Å²) in [4.78, 5) is 0. The van der Waals surface area contributed by atoms with Crippen LogP contribution in [0.15, 0.2) is 24.3 Å². The summed E-state index contributed by atoms with van der Waals surface area (Å²) in [5.41, 5.74) is 2.44. The molecule has 0 heterocycles. The summed E-state index contributed by atoms with van der Waals surface area (Å²) < 4.78 is 5.34. The SMILES string of the molecule is CCOCC(C)Nc1cccc(C)c1. The van der Waals surface area contributed by atoms with E-state index in [1.807, 2.05) is 6.92 Å². The number of benzene rings is 1. The van der Waals surface area contributed by atoms with Gasteiger partial charge in [-0.3, -0.25) is 0 Å². The van der Waals surface area contributed by atoms with Crippen LogP contribution in [-0.4, -0.2) is 19.3 Å². The third-order valence-corrected chi connectivity index (χ3v) is 2.00. The van der Waals surface area contributed by atoms with Crippen LogP contribution in [0.1, 0.15) is 19.4 Å². The Labute approximate surface area is 86.3 Å². The van der Waals surface area contributed by atoms with Crippen LogP contribution in [-0.2, 0) is 4.74 Å². The van der Waals surface area contributed by atoms with Crippen LogP contribution in [0.5, 0.6) is 0 Å². The Bertz CT molecular complexity index is 273. The highest BCUT2D eigenvalue weighted by Gasteiger charge is 2.00. The summed E-state index contributed by atoms with van der Waals surface area (Å²) in [5.74, 6) is 0. The van der Waals surface area contributed by atoms with Crippen molar-refractivity contribution in [3.63, 3.8) is 0 Å². The summed E-state index contributed by atoms with van der Waals surface area (Å²) in [6.45, 7) is 7.76. The standard InChI is InChI=1S/C12H19NO/c1-4-14-9-11(3)13-12-7-5-6-10(2)8-12/h5-8,11,13H,4,9H2,1-3H3. The second-order valence-corrected chi connectivity index (χ2v) is 3.57. The van der Waals surface area contributed by atoms with Crippen molar-refractivity contribution < 1.29 is 4.74 Å². The van der Waals surface area contributed by atoms with E-state index < -0.39 is 0 Å². The van der Waals surface area contributed by atoms with Crippen LogP contribution < -0.4 is 5.32 Å². The average molecular weight is 193 g/mol. The number of aryl methyl sites for hydroxylation is 1. The molecule has 1 rings (SSSR count). The molecule has 1 aromatic carbocycles. The number of hydrogen-bond acceptors (Lipinski definition) is 2. The molecule has 78 valence electrons. The molecule has 1 unspecified atom stereocenters.